The predicted molar refractivity (Wildman–Crippen MR) is 134 cm³/mol. The van der Waals surface area contributed by atoms with Crippen LogP contribution in [-0.2, 0) is 9.59 Å². The zero-order chi connectivity index (χ0) is 27.0. The monoisotopic (exact) mass is 515 g/mol. The summed E-state index contributed by atoms with van der Waals surface area (Å²) >= 11 is 0. The van der Waals surface area contributed by atoms with E-state index in [-0.39, 0.29) is 41.4 Å². The maximum atomic E-state index is 13.0. The molecule has 0 radical (unpaired) electrons. The van der Waals surface area contributed by atoms with Crippen molar-refractivity contribution >= 4 is 40.8 Å². The molecule has 0 spiro atoms. The molecule has 192 valence electrons. The Kier molecular flexibility index (Phi) is 6.33. The first-order valence-electron chi connectivity index (χ1n) is 11.8. The van der Waals surface area contributed by atoms with Gasteiger partial charge in [-0.2, -0.15) is 0 Å². The zero-order valence-corrected chi connectivity index (χ0v) is 20.2. The Bertz CT molecular complexity index is 1500. The van der Waals surface area contributed by atoms with Crippen LogP contribution in [0.4, 0.5) is 17.1 Å². The van der Waals surface area contributed by atoms with Gasteiger partial charge in [-0.25, -0.2) is 4.90 Å². The number of para-hydroxylation sites is 2. The van der Waals surface area contributed by atoms with Crippen molar-refractivity contribution in [1.82, 2.24) is 0 Å². The Balaban J connectivity index is 1.34. The van der Waals surface area contributed by atoms with Crippen molar-refractivity contribution in [2.45, 2.75) is 13.3 Å². The topological polar surface area (TPSA) is 136 Å². The lowest BCUT2D eigenvalue weighted by Crippen LogP contribution is -2.29. The molecule has 0 aliphatic carbocycles. The van der Waals surface area contributed by atoms with E-state index in [4.69, 9.17) is 9.47 Å². The van der Waals surface area contributed by atoms with Gasteiger partial charge in [0.25, 0.3) is 17.5 Å². The van der Waals surface area contributed by atoms with Crippen molar-refractivity contribution in [3.05, 3.63) is 88.0 Å². The van der Waals surface area contributed by atoms with Crippen LogP contribution in [0.2, 0.25) is 0 Å². The van der Waals surface area contributed by atoms with E-state index in [1.165, 1.54) is 41.3 Å². The van der Waals surface area contributed by atoms with E-state index in [9.17, 15) is 29.3 Å². The number of nitro benzene ring substituents is 1. The highest BCUT2D eigenvalue weighted by molar-refractivity contribution is 6.35. The molecule has 38 heavy (non-hydrogen) atoms. The molecule has 0 unspecified atom stereocenters. The van der Waals surface area contributed by atoms with Crippen LogP contribution in [-0.4, -0.2) is 41.8 Å². The quantitative estimate of drug-likeness (QED) is 0.153. The zero-order valence-electron chi connectivity index (χ0n) is 20.2. The van der Waals surface area contributed by atoms with Crippen molar-refractivity contribution in [3.8, 4) is 11.5 Å². The average Bonchev–Trinajstić information content (AvgIpc) is 3.41. The number of nitro groups is 1. The van der Waals surface area contributed by atoms with Crippen LogP contribution in [0.1, 0.15) is 34.1 Å². The number of hydrogen-bond donors (Lipinski definition) is 0. The smallest absolute Gasteiger partial charge is 0.316 e. The molecule has 3 aromatic rings. The van der Waals surface area contributed by atoms with E-state index in [1.807, 2.05) is 6.92 Å². The Morgan fingerprint density at radius 1 is 1.03 bits per heavy atom. The third-order valence-corrected chi connectivity index (χ3v) is 6.30. The molecule has 0 aromatic heterocycles. The van der Waals surface area contributed by atoms with Gasteiger partial charge < -0.3 is 14.4 Å². The Hall–Kier alpha value is -5.06. The summed E-state index contributed by atoms with van der Waals surface area (Å²) in [6, 6.07) is 16.6. The van der Waals surface area contributed by atoms with Gasteiger partial charge in [-0.15, -0.1) is 0 Å². The molecule has 1 fully saturated rings. The van der Waals surface area contributed by atoms with Gasteiger partial charge in [-0.3, -0.25) is 29.3 Å². The van der Waals surface area contributed by atoms with Gasteiger partial charge in [-0.1, -0.05) is 24.3 Å². The lowest BCUT2D eigenvalue weighted by atomic mass is 10.1. The summed E-state index contributed by atoms with van der Waals surface area (Å²) in [5.41, 5.74) is -0.181. The van der Waals surface area contributed by atoms with Crippen molar-refractivity contribution in [1.29, 1.82) is 0 Å². The first-order chi connectivity index (χ1) is 18.3. The first-order valence-corrected chi connectivity index (χ1v) is 11.8. The maximum Gasteiger partial charge on any atom is 0.316 e. The van der Waals surface area contributed by atoms with Crippen LogP contribution in [0.5, 0.6) is 11.5 Å². The molecule has 2 aliphatic rings. The molecule has 0 N–H and O–H groups in total. The van der Waals surface area contributed by atoms with Gasteiger partial charge in [0.2, 0.25) is 5.91 Å². The molecule has 2 heterocycles. The molecule has 1 saturated heterocycles. The third kappa shape index (κ3) is 4.23. The SMILES string of the molecule is CCOc1ccccc1N1C[C@@H](C(=O)Oc2cccc(N3C(=O)c4cccc([N+](=O)[O-])c4C3=O)c2)CC1=O. The van der Waals surface area contributed by atoms with E-state index in [0.717, 1.165) is 11.0 Å². The standard InChI is InChI=1S/C27H21N3O8/c1-2-37-22-12-4-3-10-20(22)28-15-16(13-23(28)31)27(34)38-18-8-5-7-17(14-18)29-25(32)19-9-6-11-21(30(35)36)24(19)26(29)33/h3-12,14,16H,2,13,15H2,1H3/t16-/m0/s1. The average molecular weight is 515 g/mol. The van der Waals surface area contributed by atoms with E-state index >= 15 is 0 Å². The minimum Gasteiger partial charge on any atom is -0.492 e. The number of carbonyl (C=O) groups is 4. The molecular weight excluding hydrogens is 494 g/mol. The Morgan fingerprint density at radius 2 is 1.79 bits per heavy atom. The number of carbonyl (C=O) groups excluding carboxylic acids is 4. The minimum atomic E-state index is -0.842. The number of amides is 3. The van der Waals surface area contributed by atoms with Crippen LogP contribution < -0.4 is 19.3 Å². The summed E-state index contributed by atoms with van der Waals surface area (Å²) in [6.07, 6.45) is -0.0545. The molecule has 3 amide bonds. The van der Waals surface area contributed by atoms with Crippen molar-refractivity contribution in [2.75, 3.05) is 23.0 Å². The lowest BCUT2D eigenvalue weighted by molar-refractivity contribution is -0.385. The highest BCUT2D eigenvalue weighted by Crippen LogP contribution is 2.36. The summed E-state index contributed by atoms with van der Waals surface area (Å²) in [4.78, 5) is 64.5. The fraction of sp³-hybridized carbons (Fsp3) is 0.185. The molecule has 11 nitrogen and oxygen atoms in total. The van der Waals surface area contributed by atoms with E-state index in [2.05, 4.69) is 0 Å². The predicted octanol–water partition coefficient (Wildman–Crippen LogP) is 3.75. The van der Waals surface area contributed by atoms with Gasteiger partial charge in [0.1, 0.15) is 17.1 Å². The van der Waals surface area contributed by atoms with Crippen molar-refractivity contribution in [3.63, 3.8) is 0 Å². The van der Waals surface area contributed by atoms with Crippen LogP contribution in [0.3, 0.4) is 0 Å². The van der Waals surface area contributed by atoms with Crippen LogP contribution in [0, 0.1) is 16.0 Å². The second-order valence-electron chi connectivity index (χ2n) is 8.63. The van der Waals surface area contributed by atoms with Gasteiger partial charge >= 0.3 is 5.97 Å². The van der Waals surface area contributed by atoms with E-state index < -0.39 is 34.3 Å². The summed E-state index contributed by atoms with van der Waals surface area (Å²) in [5, 5.41) is 11.4. The number of imide groups is 1. The van der Waals surface area contributed by atoms with Gasteiger partial charge in [0.15, 0.2) is 0 Å². The fourth-order valence-corrected chi connectivity index (χ4v) is 4.60. The number of rotatable bonds is 7. The first kappa shape index (κ1) is 24.6. The summed E-state index contributed by atoms with van der Waals surface area (Å²) in [6.45, 7) is 2.35. The largest absolute Gasteiger partial charge is 0.492 e. The van der Waals surface area contributed by atoms with Crippen molar-refractivity contribution < 1.29 is 33.6 Å². The molecule has 3 aromatic carbocycles. The molecule has 2 aliphatic heterocycles. The van der Waals surface area contributed by atoms with Gasteiger partial charge in [0.05, 0.1) is 34.4 Å². The summed E-state index contributed by atoms with van der Waals surface area (Å²) < 4.78 is 11.1. The number of nitrogens with zero attached hydrogens (tertiary/aromatic N) is 3. The van der Waals surface area contributed by atoms with Gasteiger partial charge in [-0.05, 0) is 37.3 Å². The highest BCUT2D eigenvalue weighted by Gasteiger charge is 2.42. The number of ether oxygens (including phenoxy) is 2. The van der Waals surface area contributed by atoms with E-state index in [1.54, 1.807) is 24.3 Å². The minimum absolute atomic E-state index is 0.0545. The molecule has 0 saturated carbocycles. The molecular formula is C27H21N3O8. The van der Waals surface area contributed by atoms with E-state index in [0.29, 0.717) is 18.0 Å². The lowest BCUT2D eigenvalue weighted by Gasteiger charge is -2.20. The molecule has 5 rings (SSSR count). The fourth-order valence-electron chi connectivity index (χ4n) is 4.60. The maximum absolute atomic E-state index is 13.0. The second kappa shape index (κ2) is 9.77. The van der Waals surface area contributed by atoms with Crippen LogP contribution >= 0.6 is 0 Å². The third-order valence-electron chi connectivity index (χ3n) is 6.30. The van der Waals surface area contributed by atoms with Crippen LogP contribution in [0.25, 0.3) is 0 Å². The second-order valence-corrected chi connectivity index (χ2v) is 8.63. The normalized spacial score (nSPS) is 16.6. The Labute approximate surface area is 216 Å². The highest BCUT2D eigenvalue weighted by atomic mass is 16.6. The molecule has 1 atom stereocenters. The Morgan fingerprint density at radius 3 is 2.55 bits per heavy atom. The van der Waals surface area contributed by atoms with Crippen LogP contribution in [0.15, 0.2) is 66.7 Å². The number of esters is 1. The van der Waals surface area contributed by atoms with Crippen molar-refractivity contribution in [2.24, 2.45) is 5.92 Å². The molecule has 11 heteroatoms. The number of anilines is 2. The van der Waals surface area contributed by atoms with Gasteiger partial charge in [0, 0.05) is 25.1 Å². The summed E-state index contributed by atoms with van der Waals surface area (Å²) in [5.74, 6) is -2.62. The summed E-state index contributed by atoms with van der Waals surface area (Å²) in [7, 11) is 0. The number of benzene rings is 3. The molecule has 0 bridgehead atoms. The number of hydrogen-bond acceptors (Lipinski definition) is 8. The number of fused-ring (bicyclic) bond motifs is 1.